The summed E-state index contributed by atoms with van der Waals surface area (Å²) in [6.07, 6.45) is 0.941. The van der Waals surface area contributed by atoms with Crippen LogP contribution in [0.25, 0.3) is 0 Å². The van der Waals surface area contributed by atoms with E-state index in [1.54, 1.807) is 21.3 Å². The number of benzene rings is 1. The predicted molar refractivity (Wildman–Crippen MR) is 88.9 cm³/mol. The summed E-state index contributed by atoms with van der Waals surface area (Å²) in [7, 11) is 5.02. The van der Waals surface area contributed by atoms with Gasteiger partial charge in [0.15, 0.2) is 17.5 Å². The van der Waals surface area contributed by atoms with Gasteiger partial charge in [0.2, 0.25) is 0 Å². The molecule has 0 unspecified atom stereocenters. The molecule has 0 aromatic heterocycles. The van der Waals surface area contributed by atoms with E-state index in [9.17, 15) is 0 Å². The molecule has 6 heteroatoms. The fourth-order valence-electron chi connectivity index (χ4n) is 2.02. The number of hydrogen-bond donors (Lipinski definition) is 2. The molecule has 0 saturated heterocycles. The first-order chi connectivity index (χ1) is 10.8. The van der Waals surface area contributed by atoms with Gasteiger partial charge >= 0.3 is 0 Å². The molecule has 0 saturated carbocycles. The van der Waals surface area contributed by atoms with Crippen LogP contribution in [0.5, 0.6) is 11.5 Å². The van der Waals surface area contributed by atoms with Gasteiger partial charge in [0, 0.05) is 38.9 Å². The second kappa shape index (κ2) is 10.7. The lowest BCUT2D eigenvalue weighted by atomic mass is 10.2. The highest BCUT2D eigenvalue weighted by Crippen LogP contribution is 2.30. The highest BCUT2D eigenvalue weighted by molar-refractivity contribution is 5.79. The van der Waals surface area contributed by atoms with Gasteiger partial charge in [-0.2, -0.15) is 0 Å². The number of para-hydroxylation sites is 1. The maximum absolute atomic E-state index is 5.42. The van der Waals surface area contributed by atoms with Gasteiger partial charge in [0.1, 0.15) is 0 Å². The number of nitrogens with one attached hydrogen (secondary N) is 2. The molecule has 0 radical (unpaired) electrons. The maximum atomic E-state index is 5.42. The van der Waals surface area contributed by atoms with E-state index in [2.05, 4.69) is 15.6 Å². The van der Waals surface area contributed by atoms with Crippen molar-refractivity contribution in [1.82, 2.24) is 10.6 Å². The van der Waals surface area contributed by atoms with Gasteiger partial charge in [0.25, 0.3) is 0 Å². The predicted octanol–water partition coefficient (Wildman–Crippen LogP) is 1.80. The van der Waals surface area contributed by atoms with Crippen LogP contribution in [0, 0.1) is 0 Å². The van der Waals surface area contributed by atoms with Crippen molar-refractivity contribution in [1.29, 1.82) is 0 Å². The van der Waals surface area contributed by atoms with Crippen molar-refractivity contribution in [3.63, 3.8) is 0 Å². The van der Waals surface area contributed by atoms with Crippen LogP contribution in [0.2, 0.25) is 0 Å². The fourth-order valence-corrected chi connectivity index (χ4v) is 2.02. The first kappa shape index (κ1) is 18.1. The number of guanidine groups is 1. The summed E-state index contributed by atoms with van der Waals surface area (Å²) in [5.41, 5.74) is 1.01. The Bertz CT molecular complexity index is 464. The Hall–Kier alpha value is -1.95. The normalized spacial score (nSPS) is 11.2. The Morgan fingerprint density at radius 3 is 2.64 bits per heavy atom. The van der Waals surface area contributed by atoms with E-state index in [1.165, 1.54) is 0 Å². The zero-order valence-corrected chi connectivity index (χ0v) is 13.9. The van der Waals surface area contributed by atoms with Crippen molar-refractivity contribution in [2.75, 3.05) is 41.0 Å². The first-order valence-electron chi connectivity index (χ1n) is 7.48. The van der Waals surface area contributed by atoms with Crippen molar-refractivity contribution in [3.05, 3.63) is 23.8 Å². The topological polar surface area (TPSA) is 64.1 Å². The maximum Gasteiger partial charge on any atom is 0.191 e. The number of hydrogen-bond acceptors (Lipinski definition) is 4. The molecule has 0 spiro atoms. The molecule has 1 aromatic rings. The Morgan fingerprint density at radius 2 is 2.00 bits per heavy atom. The van der Waals surface area contributed by atoms with E-state index < -0.39 is 0 Å². The summed E-state index contributed by atoms with van der Waals surface area (Å²) in [6, 6.07) is 5.82. The van der Waals surface area contributed by atoms with Crippen LogP contribution in [-0.2, 0) is 11.3 Å². The lowest BCUT2D eigenvalue weighted by Crippen LogP contribution is -2.37. The molecule has 0 aliphatic carbocycles. The third-order valence-corrected chi connectivity index (χ3v) is 3.12. The molecule has 0 atom stereocenters. The molecule has 6 nitrogen and oxygen atoms in total. The van der Waals surface area contributed by atoms with Crippen LogP contribution < -0.4 is 20.1 Å². The second-order valence-electron chi connectivity index (χ2n) is 4.56. The largest absolute Gasteiger partial charge is 0.493 e. The Labute approximate surface area is 132 Å². The van der Waals surface area contributed by atoms with Gasteiger partial charge in [-0.15, -0.1) is 0 Å². The van der Waals surface area contributed by atoms with Crippen LogP contribution in [0.1, 0.15) is 18.9 Å². The van der Waals surface area contributed by atoms with E-state index in [0.717, 1.165) is 49.2 Å². The summed E-state index contributed by atoms with van der Waals surface area (Å²) in [4.78, 5) is 4.20. The van der Waals surface area contributed by atoms with E-state index >= 15 is 0 Å². The summed E-state index contributed by atoms with van der Waals surface area (Å²) < 4.78 is 16.0. The highest BCUT2D eigenvalue weighted by Gasteiger charge is 2.09. The molecular formula is C16H27N3O3. The fraction of sp³-hybridized carbons (Fsp3) is 0.562. The van der Waals surface area contributed by atoms with E-state index in [-0.39, 0.29) is 0 Å². The molecule has 22 heavy (non-hydrogen) atoms. The smallest absolute Gasteiger partial charge is 0.191 e. The molecule has 1 rings (SSSR count). The summed E-state index contributed by atoms with van der Waals surface area (Å²) >= 11 is 0. The molecule has 0 aliphatic heterocycles. The van der Waals surface area contributed by atoms with Gasteiger partial charge < -0.3 is 24.8 Å². The lowest BCUT2D eigenvalue weighted by molar-refractivity contribution is 0.145. The number of nitrogens with zero attached hydrogens (tertiary/aromatic N) is 1. The summed E-state index contributed by atoms with van der Waals surface area (Å²) in [5, 5.41) is 6.52. The summed E-state index contributed by atoms with van der Waals surface area (Å²) in [6.45, 7) is 4.92. The molecular weight excluding hydrogens is 282 g/mol. The molecule has 0 bridgehead atoms. The number of ether oxygens (including phenoxy) is 3. The molecule has 124 valence electrons. The number of aliphatic imine (C=N–C) groups is 1. The minimum Gasteiger partial charge on any atom is -0.493 e. The van der Waals surface area contributed by atoms with E-state index in [1.807, 2.05) is 25.1 Å². The number of rotatable bonds is 9. The van der Waals surface area contributed by atoms with E-state index in [0.29, 0.717) is 6.54 Å². The number of methoxy groups -OCH3 is 2. The lowest BCUT2D eigenvalue weighted by Gasteiger charge is -2.15. The van der Waals surface area contributed by atoms with Crippen LogP contribution in [0.4, 0.5) is 0 Å². The van der Waals surface area contributed by atoms with Crippen molar-refractivity contribution in [2.24, 2.45) is 4.99 Å². The van der Waals surface area contributed by atoms with Crippen molar-refractivity contribution in [3.8, 4) is 11.5 Å². The van der Waals surface area contributed by atoms with Gasteiger partial charge in [-0.3, -0.25) is 4.99 Å². The second-order valence-corrected chi connectivity index (χ2v) is 4.56. The van der Waals surface area contributed by atoms with Crippen molar-refractivity contribution in [2.45, 2.75) is 19.9 Å². The molecule has 0 amide bonds. The minimum absolute atomic E-state index is 0.603. The quantitative estimate of drug-likeness (QED) is 0.414. The highest BCUT2D eigenvalue weighted by atomic mass is 16.5. The summed E-state index contributed by atoms with van der Waals surface area (Å²) in [5.74, 6) is 2.21. The molecule has 1 aromatic carbocycles. The molecule has 2 N–H and O–H groups in total. The third kappa shape index (κ3) is 5.81. The molecule has 0 fully saturated rings. The zero-order valence-electron chi connectivity index (χ0n) is 13.9. The zero-order chi connectivity index (χ0) is 16.2. The molecule has 0 aliphatic rings. The standard InChI is InChI=1S/C16H27N3O3/c1-5-22-11-7-10-18-16(17-2)19-12-13-8-6-9-14(20-3)15(13)21-4/h6,8-9H,5,7,10-12H2,1-4H3,(H2,17,18,19). The van der Waals surface area contributed by atoms with Gasteiger partial charge in [-0.25, -0.2) is 0 Å². The Balaban J connectivity index is 2.50. The first-order valence-corrected chi connectivity index (χ1v) is 7.48. The Morgan fingerprint density at radius 1 is 1.18 bits per heavy atom. The van der Waals surface area contributed by atoms with Crippen LogP contribution in [0.3, 0.4) is 0 Å². The van der Waals surface area contributed by atoms with Crippen LogP contribution >= 0.6 is 0 Å². The Kier molecular flexibility index (Phi) is 8.83. The van der Waals surface area contributed by atoms with Crippen LogP contribution in [0.15, 0.2) is 23.2 Å². The van der Waals surface area contributed by atoms with Gasteiger partial charge in [-0.05, 0) is 19.4 Å². The van der Waals surface area contributed by atoms with Crippen LogP contribution in [-0.4, -0.2) is 47.0 Å². The average Bonchev–Trinajstić information content (AvgIpc) is 2.56. The van der Waals surface area contributed by atoms with E-state index in [4.69, 9.17) is 14.2 Å². The van der Waals surface area contributed by atoms with Crippen molar-refractivity contribution >= 4 is 5.96 Å². The third-order valence-electron chi connectivity index (χ3n) is 3.12. The average molecular weight is 309 g/mol. The minimum atomic E-state index is 0.603. The monoisotopic (exact) mass is 309 g/mol. The van der Waals surface area contributed by atoms with Gasteiger partial charge in [-0.1, -0.05) is 12.1 Å². The molecule has 0 heterocycles. The van der Waals surface area contributed by atoms with Gasteiger partial charge in [0.05, 0.1) is 14.2 Å². The van der Waals surface area contributed by atoms with Crippen molar-refractivity contribution < 1.29 is 14.2 Å². The SMILES string of the molecule is CCOCCCNC(=NC)NCc1cccc(OC)c1OC.